The highest BCUT2D eigenvalue weighted by molar-refractivity contribution is 6.04. The van der Waals surface area contributed by atoms with Crippen LogP contribution in [0.15, 0.2) is 73.1 Å². The summed E-state index contributed by atoms with van der Waals surface area (Å²) in [5, 5.41) is 4.60. The van der Waals surface area contributed by atoms with Crippen LogP contribution < -0.4 is 5.32 Å². The highest BCUT2D eigenvalue weighted by Gasteiger charge is 2.34. The molecule has 0 radical (unpaired) electrons. The van der Waals surface area contributed by atoms with Crippen LogP contribution in [0.4, 0.5) is 18.9 Å². The summed E-state index contributed by atoms with van der Waals surface area (Å²) in [4.78, 5) is 19.3. The summed E-state index contributed by atoms with van der Waals surface area (Å²) in [6, 6.07) is 16.9. The Labute approximate surface area is 225 Å². The maximum absolute atomic E-state index is 13.9. The number of fused-ring (bicyclic) bond motifs is 1. The Hall–Kier alpha value is -4.15. The molecular weight excluding hydrogens is 499 g/mol. The highest BCUT2D eigenvalue weighted by Crippen LogP contribution is 2.35. The number of likely N-dealkylation sites (tertiary alicyclic amines) is 1. The number of alkyl halides is 3. The molecule has 39 heavy (non-hydrogen) atoms. The molecule has 5 rings (SSSR count). The van der Waals surface area contributed by atoms with Crippen LogP contribution in [0.1, 0.15) is 57.4 Å². The number of amides is 1. The van der Waals surface area contributed by atoms with Crippen molar-refractivity contribution in [3.8, 4) is 11.8 Å². The first-order valence-corrected chi connectivity index (χ1v) is 13.0. The Morgan fingerprint density at radius 3 is 2.51 bits per heavy atom. The van der Waals surface area contributed by atoms with Gasteiger partial charge in [-0.25, -0.2) is 0 Å². The van der Waals surface area contributed by atoms with Crippen LogP contribution in [0.5, 0.6) is 0 Å². The van der Waals surface area contributed by atoms with Crippen molar-refractivity contribution in [1.82, 2.24) is 9.88 Å². The number of halogens is 3. The summed E-state index contributed by atoms with van der Waals surface area (Å²) in [5.41, 5.74) is 2.23. The second kappa shape index (κ2) is 11.3. The number of rotatable bonds is 4. The van der Waals surface area contributed by atoms with Crippen LogP contribution in [0.25, 0.3) is 10.8 Å². The SMILES string of the molecule is Cc1ccc(C(=O)Nc2ccc(CN3CCCCC3)c(C(F)(F)F)c2)cc1C#Cc1cncc2ccccc12. The molecule has 1 saturated heterocycles. The smallest absolute Gasteiger partial charge is 0.322 e. The zero-order chi connectivity index (χ0) is 27.4. The Kier molecular flexibility index (Phi) is 7.67. The van der Waals surface area contributed by atoms with Crippen LogP contribution in [0.2, 0.25) is 0 Å². The lowest BCUT2D eigenvalue weighted by Gasteiger charge is -2.27. The van der Waals surface area contributed by atoms with Gasteiger partial charge in [0.05, 0.1) is 11.1 Å². The van der Waals surface area contributed by atoms with E-state index in [1.165, 1.54) is 12.1 Å². The monoisotopic (exact) mass is 527 g/mol. The molecule has 1 amide bonds. The van der Waals surface area contributed by atoms with Crippen LogP contribution in [-0.2, 0) is 12.7 Å². The molecule has 3 aromatic carbocycles. The van der Waals surface area contributed by atoms with E-state index in [4.69, 9.17) is 0 Å². The van der Waals surface area contributed by atoms with Crippen LogP contribution in [-0.4, -0.2) is 28.9 Å². The molecule has 2 heterocycles. The summed E-state index contributed by atoms with van der Waals surface area (Å²) in [6.45, 7) is 3.73. The Balaban J connectivity index is 1.37. The molecule has 1 aliphatic rings. The minimum atomic E-state index is -4.52. The molecular formula is C32H28F3N3O. The predicted octanol–water partition coefficient (Wildman–Crippen LogP) is 7.20. The number of carbonyl (C=O) groups is 1. The van der Waals surface area contributed by atoms with Gasteiger partial charge in [-0.05, 0) is 68.2 Å². The fraction of sp³-hybridized carbons (Fsp3) is 0.250. The van der Waals surface area contributed by atoms with E-state index in [9.17, 15) is 18.0 Å². The third-order valence-corrected chi connectivity index (χ3v) is 7.02. The number of pyridine rings is 1. The van der Waals surface area contributed by atoms with Crippen LogP contribution >= 0.6 is 0 Å². The van der Waals surface area contributed by atoms with Gasteiger partial charge in [0.2, 0.25) is 0 Å². The van der Waals surface area contributed by atoms with E-state index >= 15 is 0 Å². The lowest BCUT2D eigenvalue weighted by Crippen LogP contribution is -2.30. The van der Waals surface area contributed by atoms with Gasteiger partial charge in [0, 0.05) is 46.5 Å². The van der Waals surface area contributed by atoms with Gasteiger partial charge >= 0.3 is 6.18 Å². The van der Waals surface area contributed by atoms with Crippen molar-refractivity contribution >= 4 is 22.4 Å². The number of hydrogen-bond donors (Lipinski definition) is 1. The summed E-state index contributed by atoms with van der Waals surface area (Å²) in [6.07, 6.45) is 2.07. The molecule has 1 aliphatic heterocycles. The average molecular weight is 528 g/mol. The predicted molar refractivity (Wildman–Crippen MR) is 147 cm³/mol. The minimum Gasteiger partial charge on any atom is -0.322 e. The minimum absolute atomic E-state index is 0.102. The maximum Gasteiger partial charge on any atom is 0.416 e. The summed E-state index contributed by atoms with van der Waals surface area (Å²) in [5.74, 6) is 5.79. The zero-order valence-corrected chi connectivity index (χ0v) is 21.6. The first-order valence-electron chi connectivity index (χ1n) is 13.0. The molecule has 0 spiro atoms. The molecule has 0 aliphatic carbocycles. The topological polar surface area (TPSA) is 45.2 Å². The molecule has 198 valence electrons. The fourth-order valence-electron chi connectivity index (χ4n) is 4.87. The van der Waals surface area contributed by atoms with Crippen molar-refractivity contribution in [2.75, 3.05) is 18.4 Å². The van der Waals surface area contributed by atoms with E-state index in [1.54, 1.807) is 30.6 Å². The molecule has 0 bridgehead atoms. The molecule has 1 N–H and O–H groups in total. The van der Waals surface area contributed by atoms with Crippen molar-refractivity contribution in [2.24, 2.45) is 0 Å². The van der Waals surface area contributed by atoms with Crippen molar-refractivity contribution in [1.29, 1.82) is 0 Å². The van der Waals surface area contributed by atoms with Gasteiger partial charge in [0.15, 0.2) is 0 Å². The third kappa shape index (κ3) is 6.30. The molecule has 0 atom stereocenters. The molecule has 0 saturated carbocycles. The Morgan fingerprint density at radius 1 is 0.949 bits per heavy atom. The second-order valence-corrected chi connectivity index (χ2v) is 9.85. The number of benzene rings is 3. The molecule has 1 aromatic heterocycles. The van der Waals surface area contributed by atoms with Gasteiger partial charge in [-0.15, -0.1) is 0 Å². The summed E-state index contributed by atoms with van der Waals surface area (Å²) < 4.78 is 41.7. The Morgan fingerprint density at radius 2 is 1.72 bits per heavy atom. The molecule has 0 unspecified atom stereocenters. The molecule has 7 heteroatoms. The van der Waals surface area contributed by atoms with Crippen molar-refractivity contribution < 1.29 is 18.0 Å². The Bertz CT molecular complexity index is 1570. The fourth-order valence-corrected chi connectivity index (χ4v) is 4.87. The number of hydrogen-bond acceptors (Lipinski definition) is 3. The van der Waals surface area contributed by atoms with Gasteiger partial charge in [-0.2, -0.15) is 13.2 Å². The normalized spacial score (nSPS) is 14.1. The van der Waals surface area contributed by atoms with E-state index in [2.05, 4.69) is 27.0 Å². The zero-order valence-electron chi connectivity index (χ0n) is 21.6. The standard InChI is InChI=1S/C32H28F3N3O/c1-22-9-10-24(17-23(22)11-12-26-20-36-19-25-7-3-4-8-29(25)26)31(39)37-28-14-13-27(30(18-28)32(33,34)35)21-38-15-5-2-6-16-38/h3-4,7-10,13-14,17-20H,2,5-6,15-16,21H2,1H3,(H,37,39). The lowest BCUT2D eigenvalue weighted by atomic mass is 10.0. The number of aromatic nitrogens is 1. The van der Waals surface area contributed by atoms with E-state index in [0.717, 1.165) is 60.3 Å². The van der Waals surface area contributed by atoms with Crippen LogP contribution in [0, 0.1) is 18.8 Å². The average Bonchev–Trinajstić information content (AvgIpc) is 2.93. The van der Waals surface area contributed by atoms with E-state index in [1.807, 2.05) is 31.2 Å². The van der Waals surface area contributed by atoms with Gasteiger partial charge in [-0.1, -0.05) is 54.7 Å². The van der Waals surface area contributed by atoms with Gasteiger partial charge < -0.3 is 5.32 Å². The third-order valence-electron chi connectivity index (χ3n) is 7.02. The van der Waals surface area contributed by atoms with Gasteiger partial charge in [0.1, 0.15) is 0 Å². The van der Waals surface area contributed by atoms with E-state index in [0.29, 0.717) is 11.1 Å². The number of piperidine rings is 1. The maximum atomic E-state index is 13.9. The van der Waals surface area contributed by atoms with E-state index in [-0.39, 0.29) is 17.8 Å². The highest BCUT2D eigenvalue weighted by atomic mass is 19.4. The quantitative estimate of drug-likeness (QED) is 0.286. The van der Waals surface area contributed by atoms with Crippen molar-refractivity contribution in [3.63, 3.8) is 0 Å². The first-order chi connectivity index (χ1) is 18.8. The van der Waals surface area contributed by atoms with E-state index < -0.39 is 17.6 Å². The number of carbonyl (C=O) groups excluding carboxylic acids is 1. The molecule has 4 aromatic rings. The molecule has 1 fully saturated rings. The number of nitrogens with one attached hydrogen (secondary N) is 1. The number of aryl methyl sites for hydroxylation is 1. The first kappa shape index (κ1) is 26.5. The lowest BCUT2D eigenvalue weighted by molar-refractivity contribution is -0.138. The van der Waals surface area contributed by atoms with Crippen molar-refractivity contribution in [3.05, 3.63) is 106 Å². The largest absolute Gasteiger partial charge is 0.416 e. The number of nitrogens with zero attached hydrogens (tertiary/aromatic N) is 2. The van der Waals surface area contributed by atoms with Crippen molar-refractivity contribution in [2.45, 2.75) is 38.9 Å². The van der Waals surface area contributed by atoms with Gasteiger partial charge in [0.25, 0.3) is 5.91 Å². The second-order valence-electron chi connectivity index (χ2n) is 9.85. The molecule has 4 nitrogen and oxygen atoms in total. The number of anilines is 1. The van der Waals surface area contributed by atoms with Crippen LogP contribution in [0.3, 0.4) is 0 Å². The summed E-state index contributed by atoms with van der Waals surface area (Å²) in [7, 11) is 0. The summed E-state index contributed by atoms with van der Waals surface area (Å²) >= 11 is 0. The van der Waals surface area contributed by atoms with Gasteiger partial charge in [-0.3, -0.25) is 14.7 Å².